The lowest BCUT2D eigenvalue weighted by atomic mass is 10.1. The molecule has 1 unspecified atom stereocenters. The van der Waals surface area contributed by atoms with E-state index in [9.17, 15) is 18.0 Å². The molecule has 0 amide bonds. The van der Waals surface area contributed by atoms with E-state index >= 15 is 0 Å². The summed E-state index contributed by atoms with van der Waals surface area (Å²) in [6, 6.07) is 6.14. The molecule has 1 aliphatic carbocycles. The van der Waals surface area contributed by atoms with Crippen molar-refractivity contribution in [2.45, 2.75) is 68.7 Å². The van der Waals surface area contributed by atoms with E-state index in [2.05, 4.69) is 0 Å². The highest BCUT2D eigenvalue weighted by Gasteiger charge is 2.60. The van der Waals surface area contributed by atoms with Gasteiger partial charge in [-0.3, -0.25) is 14.2 Å². The van der Waals surface area contributed by atoms with E-state index in [4.69, 9.17) is 10.5 Å². The average molecular weight is 434 g/mol. The van der Waals surface area contributed by atoms with Crippen LogP contribution in [-0.4, -0.2) is 41.4 Å². The molecule has 1 aromatic heterocycles. The van der Waals surface area contributed by atoms with E-state index in [-0.39, 0.29) is 29.0 Å². The zero-order chi connectivity index (χ0) is 21.5. The number of carbonyl (C=O) groups is 1. The van der Waals surface area contributed by atoms with Gasteiger partial charge < -0.3 is 10.5 Å². The lowest BCUT2D eigenvalue weighted by Crippen LogP contribution is -2.44. The number of benzene rings is 1. The Kier molecular flexibility index (Phi) is 5.46. The molecule has 2 aliphatic rings. The number of unbranched alkanes of at least 4 members (excludes halogenated alkanes) is 1. The Hall–Kier alpha value is -2.23. The van der Waals surface area contributed by atoms with Gasteiger partial charge in [-0.2, -0.15) is 4.31 Å². The molecule has 1 atom stereocenters. The predicted octanol–water partition coefficient (Wildman–Crippen LogP) is 1.95. The molecule has 4 rings (SSSR count). The number of fused-ring (bicyclic) bond motifs is 1. The van der Waals surface area contributed by atoms with Gasteiger partial charge in [0.25, 0.3) is 5.56 Å². The summed E-state index contributed by atoms with van der Waals surface area (Å²) in [5.74, 6) is -0.361. The molecule has 8 nitrogen and oxygen atoms in total. The Morgan fingerprint density at radius 3 is 2.73 bits per heavy atom. The summed E-state index contributed by atoms with van der Waals surface area (Å²) < 4.78 is 34.9. The first kappa shape index (κ1) is 21.0. The van der Waals surface area contributed by atoms with Crippen molar-refractivity contribution in [3.8, 4) is 0 Å². The minimum atomic E-state index is -3.79. The highest BCUT2D eigenvalue weighted by atomic mass is 32.2. The van der Waals surface area contributed by atoms with Crippen LogP contribution in [0.15, 0.2) is 40.2 Å². The zero-order valence-corrected chi connectivity index (χ0v) is 17.9. The van der Waals surface area contributed by atoms with Gasteiger partial charge in [-0.15, -0.1) is 0 Å². The molecular formula is C21H27N3O5S. The number of pyridine rings is 1. The van der Waals surface area contributed by atoms with Crippen LogP contribution in [0, 0.1) is 0 Å². The number of sulfonamides is 1. The fourth-order valence-corrected chi connectivity index (χ4v) is 6.40. The van der Waals surface area contributed by atoms with Crippen LogP contribution in [0.4, 0.5) is 0 Å². The fraction of sp³-hybridized carbons (Fsp3) is 0.524. The van der Waals surface area contributed by atoms with Crippen LogP contribution in [0.3, 0.4) is 0 Å². The van der Waals surface area contributed by atoms with E-state index in [1.807, 2.05) is 6.92 Å². The van der Waals surface area contributed by atoms with Crippen LogP contribution in [0.25, 0.3) is 10.8 Å². The number of esters is 1. The maximum Gasteiger partial charge on any atom is 0.307 e. The molecule has 1 aromatic carbocycles. The number of hydrogen-bond donors (Lipinski definition) is 1. The summed E-state index contributed by atoms with van der Waals surface area (Å²) in [7, 11) is -3.79. The first-order chi connectivity index (χ1) is 14.3. The Bertz CT molecular complexity index is 1140. The lowest BCUT2D eigenvalue weighted by molar-refractivity contribution is -0.147. The topological polar surface area (TPSA) is 112 Å². The molecule has 0 bridgehead atoms. The van der Waals surface area contributed by atoms with Crippen molar-refractivity contribution in [1.29, 1.82) is 0 Å². The quantitative estimate of drug-likeness (QED) is 0.668. The van der Waals surface area contributed by atoms with Crippen molar-refractivity contribution >= 4 is 26.8 Å². The highest BCUT2D eigenvalue weighted by Crippen LogP contribution is 2.51. The van der Waals surface area contributed by atoms with Crippen molar-refractivity contribution in [2.24, 2.45) is 5.73 Å². The molecule has 1 saturated heterocycles. The van der Waals surface area contributed by atoms with Gasteiger partial charge in [0.05, 0.1) is 10.4 Å². The summed E-state index contributed by atoms with van der Waals surface area (Å²) in [6.45, 7) is 2.18. The van der Waals surface area contributed by atoms with Crippen LogP contribution in [0.2, 0.25) is 0 Å². The summed E-state index contributed by atoms with van der Waals surface area (Å²) in [5.41, 5.74) is 5.32. The molecule has 1 saturated carbocycles. The second-order valence-electron chi connectivity index (χ2n) is 8.13. The van der Waals surface area contributed by atoms with Crippen LogP contribution < -0.4 is 11.3 Å². The maximum atomic E-state index is 13.5. The maximum absolute atomic E-state index is 13.5. The third kappa shape index (κ3) is 3.44. The number of hydrogen-bond acceptors (Lipinski definition) is 6. The van der Waals surface area contributed by atoms with Crippen molar-refractivity contribution < 1.29 is 17.9 Å². The van der Waals surface area contributed by atoms with Crippen LogP contribution >= 0.6 is 0 Å². The Morgan fingerprint density at radius 2 is 2.03 bits per heavy atom. The molecule has 1 spiro atoms. The van der Waals surface area contributed by atoms with E-state index in [0.717, 1.165) is 25.7 Å². The fourth-order valence-electron chi connectivity index (χ4n) is 4.31. The van der Waals surface area contributed by atoms with E-state index in [1.54, 1.807) is 18.2 Å². The zero-order valence-electron chi connectivity index (χ0n) is 17.0. The van der Waals surface area contributed by atoms with Gasteiger partial charge in [-0.1, -0.05) is 19.4 Å². The van der Waals surface area contributed by atoms with Gasteiger partial charge in [0.2, 0.25) is 10.0 Å². The third-order valence-corrected chi connectivity index (χ3v) is 8.28. The first-order valence-electron chi connectivity index (χ1n) is 10.4. The lowest BCUT2D eigenvalue weighted by Gasteiger charge is -2.26. The normalized spacial score (nSPS) is 20.7. The summed E-state index contributed by atoms with van der Waals surface area (Å²) >= 11 is 0. The van der Waals surface area contributed by atoms with Crippen molar-refractivity contribution in [1.82, 2.24) is 8.87 Å². The van der Waals surface area contributed by atoms with Crippen LogP contribution in [0.5, 0.6) is 0 Å². The number of aromatic nitrogens is 1. The minimum absolute atomic E-state index is 0.115. The molecule has 30 heavy (non-hydrogen) atoms. The summed E-state index contributed by atoms with van der Waals surface area (Å²) in [4.78, 5) is 24.7. The van der Waals surface area contributed by atoms with E-state index < -0.39 is 21.1 Å². The van der Waals surface area contributed by atoms with E-state index in [0.29, 0.717) is 24.8 Å². The number of ether oxygens (including phenoxy) is 1. The second-order valence-corrected chi connectivity index (χ2v) is 9.96. The van der Waals surface area contributed by atoms with Gasteiger partial charge >= 0.3 is 5.97 Å². The second kappa shape index (κ2) is 7.79. The van der Waals surface area contributed by atoms with Gasteiger partial charge in [-0.05, 0) is 43.9 Å². The highest BCUT2D eigenvalue weighted by molar-refractivity contribution is 7.89. The summed E-state index contributed by atoms with van der Waals surface area (Å²) in [5, 5.41) is 0.642. The standard InChI is InChI=1S/C21H27N3O5S/c1-2-3-7-19(25)29-14-23-12-8-15-16(20(23)26)5-4-6-17(15)30(27,28)24-13-9-18(22)21(24)10-11-21/h4-6,8,12,18H,2-3,7,9-11,13-14,22H2,1H3. The average Bonchev–Trinajstić information content (AvgIpc) is 3.45. The Morgan fingerprint density at radius 1 is 1.27 bits per heavy atom. The van der Waals surface area contributed by atoms with Gasteiger partial charge in [0, 0.05) is 36.0 Å². The van der Waals surface area contributed by atoms with Crippen molar-refractivity contribution in [3.05, 3.63) is 40.8 Å². The Labute approximate surface area is 175 Å². The van der Waals surface area contributed by atoms with Crippen molar-refractivity contribution in [2.75, 3.05) is 6.54 Å². The predicted molar refractivity (Wildman–Crippen MR) is 112 cm³/mol. The molecule has 2 fully saturated rings. The number of rotatable bonds is 7. The molecule has 9 heteroatoms. The molecule has 1 aliphatic heterocycles. The van der Waals surface area contributed by atoms with Crippen LogP contribution in [-0.2, 0) is 26.3 Å². The molecular weight excluding hydrogens is 406 g/mol. The van der Waals surface area contributed by atoms with Gasteiger partial charge in [-0.25, -0.2) is 8.42 Å². The number of nitrogens with two attached hydrogens (primary N) is 1. The van der Waals surface area contributed by atoms with Gasteiger partial charge in [0.1, 0.15) is 0 Å². The number of carbonyl (C=O) groups excluding carboxylic acids is 1. The number of nitrogens with zero attached hydrogens (tertiary/aromatic N) is 2. The van der Waals surface area contributed by atoms with Crippen molar-refractivity contribution in [3.63, 3.8) is 0 Å². The Balaban J connectivity index is 1.66. The smallest absolute Gasteiger partial charge is 0.307 e. The molecule has 2 aromatic rings. The molecule has 2 N–H and O–H groups in total. The van der Waals surface area contributed by atoms with Crippen LogP contribution in [0.1, 0.15) is 45.4 Å². The first-order valence-corrected chi connectivity index (χ1v) is 11.8. The monoisotopic (exact) mass is 433 g/mol. The molecule has 2 heterocycles. The third-order valence-electron chi connectivity index (χ3n) is 6.24. The van der Waals surface area contributed by atoms with E-state index in [1.165, 1.54) is 21.1 Å². The molecule has 0 radical (unpaired) electrons. The SMILES string of the molecule is CCCCC(=O)OCn1ccc2c(S(=O)(=O)N3CCC(N)C34CC4)cccc2c1=O. The largest absolute Gasteiger partial charge is 0.444 e. The summed E-state index contributed by atoms with van der Waals surface area (Å²) in [6.07, 6.45) is 5.57. The minimum Gasteiger partial charge on any atom is -0.444 e. The van der Waals surface area contributed by atoms with Gasteiger partial charge in [0.15, 0.2) is 6.73 Å². The molecule has 162 valence electrons.